The Morgan fingerprint density at radius 3 is 2.20 bits per heavy atom. The van der Waals surface area contributed by atoms with E-state index in [0.29, 0.717) is 11.4 Å². The Labute approximate surface area is 120 Å². The van der Waals surface area contributed by atoms with Gasteiger partial charge in [0.25, 0.3) is 0 Å². The molecule has 0 aromatic heterocycles. The van der Waals surface area contributed by atoms with Crippen molar-refractivity contribution >= 4 is 27.3 Å². The molecule has 3 N–H and O–H groups in total. The number of carbonyl (C=O) groups excluding carboxylic acids is 1. The van der Waals surface area contributed by atoms with Crippen LogP contribution in [0.1, 0.15) is 20.8 Å². The van der Waals surface area contributed by atoms with Gasteiger partial charge < -0.3 is 10.6 Å². The van der Waals surface area contributed by atoms with Crippen LogP contribution in [0.5, 0.6) is 0 Å². The molecule has 0 unspecified atom stereocenters. The number of sulfonamides is 1. The topological polar surface area (TPSA) is 87.3 Å². The number of para-hydroxylation sites is 2. The van der Waals surface area contributed by atoms with Crippen molar-refractivity contribution < 1.29 is 13.2 Å². The Morgan fingerprint density at radius 2 is 1.70 bits per heavy atom. The monoisotopic (exact) mass is 299 g/mol. The lowest BCUT2D eigenvalue weighted by atomic mass is 10.1. The molecule has 1 aromatic rings. The highest BCUT2D eigenvalue weighted by Gasteiger charge is 2.13. The molecule has 0 spiro atoms. The molecule has 6 nitrogen and oxygen atoms in total. The van der Waals surface area contributed by atoms with E-state index in [0.717, 1.165) is 6.26 Å². The second-order valence-corrected chi connectivity index (χ2v) is 7.32. The van der Waals surface area contributed by atoms with E-state index in [4.69, 9.17) is 0 Å². The van der Waals surface area contributed by atoms with Gasteiger partial charge in [0.05, 0.1) is 24.2 Å². The Kier molecular flexibility index (Phi) is 5.13. The molecule has 0 heterocycles. The van der Waals surface area contributed by atoms with Crippen molar-refractivity contribution in [1.82, 2.24) is 5.32 Å². The van der Waals surface area contributed by atoms with E-state index >= 15 is 0 Å². The van der Waals surface area contributed by atoms with Crippen molar-refractivity contribution in [2.24, 2.45) is 0 Å². The molecule has 1 aromatic carbocycles. The van der Waals surface area contributed by atoms with Crippen LogP contribution >= 0.6 is 0 Å². The smallest absolute Gasteiger partial charge is 0.238 e. The minimum atomic E-state index is -3.39. The molecule has 1 rings (SSSR count). The zero-order chi connectivity index (χ0) is 15.4. The molecule has 20 heavy (non-hydrogen) atoms. The van der Waals surface area contributed by atoms with Crippen LogP contribution in [-0.4, -0.2) is 32.7 Å². The van der Waals surface area contributed by atoms with Crippen LogP contribution in [0.2, 0.25) is 0 Å². The highest BCUT2D eigenvalue weighted by molar-refractivity contribution is 7.92. The van der Waals surface area contributed by atoms with Crippen molar-refractivity contribution in [3.05, 3.63) is 24.3 Å². The molecular formula is C13H21N3O3S. The number of hydrogen-bond donors (Lipinski definition) is 3. The molecule has 0 saturated heterocycles. The maximum Gasteiger partial charge on any atom is 0.238 e. The summed E-state index contributed by atoms with van der Waals surface area (Å²) in [5.41, 5.74) is 0.611. The van der Waals surface area contributed by atoms with Crippen LogP contribution in [0.15, 0.2) is 24.3 Å². The first-order chi connectivity index (χ1) is 9.07. The van der Waals surface area contributed by atoms with Crippen molar-refractivity contribution in [2.75, 3.05) is 22.8 Å². The van der Waals surface area contributed by atoms with Gasteiger partial charge in [-0.2, -0.15) is 0 Å². The molecule has 0 saturated carbocycles. The Balaban J connectivity index is 2.75. The number of anilines is 2. The summed E-state index contributed by atoms with van der Waals surface area (Å²) in [7, 11) is -3.39. The first-order valence-electron chi connectivity index (χ1n) is 6.18. The summed E-state index contributed by atoms with van der Waals surface area (Å²) >= 11 is 0. The first kappa shape index (κ1) is 16.5. The third-order valence-corrected chi connectivity index (χ3v) is 2.87. The minimum Gasteiger partial charge on any atom is -0.323 e. The highest BCUT2D eigenvalue weighted by Crippen LogP contribution is 2.21. The number of nitrogens with one attached hydrogen (secondary N) is 3. The van der Waals surface area contributed by atoms with Crippen LogP contribution in [0, 0.1) is 0 Å². The van der Waals surface area contributed by atoms with E-state index in [1.807, 2.05) is 20.8 Å². The second kappa shape index (κ2) is 6.23. The number of amides is 1. The predicted octanol–water partition coefficient (Wildman–Crippen LogP) is 1.38. The van der Waals surface area contributed by atoms with Crippen molar-refractivity contribution in [2.45, 2.75) is 26.3 Å². The summed E-state index contributed by atoms with van der Waals surface area (Å²) in [4.78, 5) is 11.8. The van der Waals surface area contributed by atoms with Gasteiger partial charge in [-0.1, -0.05) is 12.1 Å². The van der Waals surface area contributed by atoms with E-state index in [1.165, 1.54) is 0 Å². The number of hydrogen-bond acceptors (Lipinski definition) is 4. The van der Waals surface area contributed by atoms with Crippen LogP contribution in [0.4, 0.5) is 11.4 Å². The van der Waals surface area contributed by atoms with E-state index < -0.39 is 10.0 Å². The summed E-state index contributed by atoms with van der Waals surface area (Å²) in [6.07, 6.45) is 1.06. The quantitative estimate of drug-likeness (QED) is 0.766. The largest absolute Gasteiger partial charge is 0.323 e. The predicted molar refractivity (Wildman–Crippen MR) is 81.3 cm³/mol. The molecule has 0 radical (unpaired) electrons. The molecule has 7 heteroatoms. The number of carbonyl (C=O) groups is 1. The molecule has 112 valence electrons. The molecule has 1 amide bonds. The number of benzene rings is 1. The lowest BCUT2D eigenvalue weighted by Crippen LogP contribution is -2.41. The zero-order valence-corrected chi connectivity index (χ0v) is 13.0. The third kappa shape index (κ3) is 6.53. The minimum absolute atomic E-state index is 0.150. The average molecular weight is 299 g/mol. The van der Waals surface area contributed by atoms with Gasteiger partial charge in [0.2, 0.25) is 15.9 Å². The Morgan fingerprint density at radius 1 is 1.15 bits per heavy atom. The first-order valence-corrected chi connectivity index (χ1v) is 8.08. The molecular weight excluding hydrogens is 278 g/mol. The van der Waals surface area contributed by atoms with Crippen LogP contribution in [-0.2, 0) is 14.8 Å². The zero-order valence-electron chi connectivity index (χ0n) is 12.1. The molecule has 0 fully saturated rings. The molecule has 0 aliphatic carbocycles. The van der Waals surface area contributed by atoms with Gasteiger partial charge in [-0.25, -0.2) is 8.42 Å². The van der Waals surface area contributed by atoms with Gasteiger partial charge >= 0.3 is 0 Å². The van der Waals surface area contributed by atoms with E-state index in [1.54, 1.807) is 24.3 Å². The van der Waals surface area contributed by atoms with Gasteiger partial charge in [0.15, 0.2) is 0 Å². The second-order valence-electron chi connectivity index (χ2n) is 5.57. The number of rotatable bonds is 5. The molecule has 0 bridgehead atoms. The van der Waals surface area contributed by atoms with Crippen LogP contribution < -0.4 is 15.4 Å². The lowest BCUT2D eigenvalue weighted by Gasteiger charge is -2.20. The summed E-state index contributed by atoms with van der Waals surface area (Å²) in [5, 5.41) is 5.74. The van der Waals surface area contributed by atoms with Gasteiger partial charge in [-0.05, 0) is 32.9 Å². The fourth-order valence-corrected chi connectivity index (χ4v) is 2.00. The van der Waals surface area contributed by atoms with Crippen LogP contribution in [0.25, 0.3) is 0 Å². The Hall–Kier alpha value is -1.60. The van der Waals surface area contributed by atoms with Gasteiger partial charge in [0, 0.05) is 5.54 Å². The van der Waals surface area contributed by atoms with E-state index in [2.05, 4.69) is 15.4 Å². The normalized spacial score (nSPS) is 12.0. The van der Waals surface area contributed by atoms with E-state index in [-0.39, 0.29) is 18.0 Å². The lowest BCUT2D eigenvalue weighted by molar-refractivity contribution is -0.115. The summed E-state index contributed by atoms with van der Waals surface area (Å²) < 4.78 is 24.9. The molecule has 0 atom stereocenters. The van der Waals surface area contributed by atoms with Gasteiger partial charge in [-0.15, -0.1) is 0 Å². The van der Waals surface area contributed by atoms with Crippen molar-refractivity contribution in [3.8, 4) is 0 Å². The standard InChI is InChI=1S/C13H21N3O3S/c1-13(2,3)14-9-12(17)15-10-7-5-6-8-11(10)16-20(4,18)19/h5-8,14,16H,9H2,1-4H3,(H,15,17). The van der Waals surface area contributed by atoms with Gasteiger partial charge in [-0.3, -0.25) is 9.52 Å². The summed E-state index contributed by atoms with van der Waals surface area (Å²) in [6.45, 7) is 6.02. The third-order valence-electron chi connectivity index (χ3n) is 2.28. The molecule has 0 aliphatic rings. The molecule has 0 aliphatic heterocycles. The summed E-state index contributed by atoms with van der Waals surface area (Å²) in [6, 6.07) is 6.65. The maximum absolute atomic E-state index is 11.8. The SMILES string of the molecule is CC(C)(C)NCC(=O)Nc1ccccc1NS(C)(=O)=O. The van der Waals surface area contributed by atoms with Crippen molar-refractivity contribution in [1.29, 1.82) is 0 Å². The Bertz CT molecular complexity index is 577. The fourth-order valence-electron chi connectivity index (χ4n) is 1.42. The van der Waals surface area contributed by atoms with E-state index in [9.17, 15) is 13.2 Å². The fraction of sp³-hybridized carbons (Fsp3) is 0.462. The highest BCUT2D eigenvalue weighted by atomic mass is 32.2. The van der Waals surface area contributed by atoms with Crippen LogP contribution in [0.3, 0.4) is 0 Å². The maximum atomic E-state index is 11.8. The van der Waals surface area contributed by atoms with Gasteiger partial charge in [0.1, 0.15) is 0 Å². The van der Waals surface area contributed by atoms with Crippen molar-refractivity contribution in [3.63, 3.8) is 0 Å². The average Bonchev–Trinajstić information content (AvgIpc) is 2.26. The summed E-state index contributed by atoms with van der Waals surface area (Å²) in [5.74, 6) is -0.234.